The number of carbonyl (C=O) groups is 1. The summed E-state index contributed by atoms with van der Waals surface area (Å²) in [4.78, 5) is 17.3. The second-order valence-corrected chi connectivity index (χ2v) is 9.84. The van der Waals surface area contributed by atoms with Crippen LogP contribution >= 0.6 is 0 Å². The standard InChI is InChI=1S/C27H36F2N2O2/c1-18(2)13-31(27(32)19(3)4)16-21-15-30(14-20-10-11-24(28)25(29)12-20)17-23(21)22-8-6-7-9-26(22)33-5/h6-12,18-19,21,23H,13-17H2,1-5H3. The smallest absolute Gasteiger partial charge is 0.225 e. The molecule has 6 heteroatoms. The van der Waals surface area contributed by atoms with E-state index in [2.05, 4.69) is 24.8 Å². The summed E-state index contributed by atoms with van der Waals surface area (Å²) in [6, 6.07) is 12.1. The highest BCUT2D eigenvalue weighted by molar-refractivity contribution is 5.78. The summed E-state index contributed by atoms with van der Waals surface area (Å²) in [5, 5.41) is 0. The number of carbonyl (C=O) groups excluding carboxylic acids is 1. The molecule has 0 aliphatic carbocycles. The highest BCUT2D eigenvalue weighted by Gasteiger charge is 2.37. The minimum Gasteiger partial charge on any atom is -0.496 e. The summed E-state index contributed by atoms with van der Waals surface area (Å²) in [6.45, 7) is 11.6. The van der Waals surface area contributed by atoms with Crippen LogP contribution in [-0.4, -0.2) is 49.0 Å². The maximum absolute atomic E-state index is 13.8. The molecule has 2 atom stereocenters. The summed E-state index contributed by atoms with van der Waals surface area (Å²) in [5.74, 6) is 0.0327. The van der Waals surface area contributed by atoms with E-state index in [0.29, 0.717) is 19.0 Å². The zero-order chi connectivity index (χ0) is 24.1. The van der Waals surface area contributed by atoms with Crippen LogP contribution in [0.5, 0.6) is 5.75 Å². The molecule has 1 saturated heterocycles. The van der Waals surface area contributed by atoms with E-state index in [9.17, 15) is 13.6 Å². The van der Waals surface area contributed by atoms with Gasteiger partial charge in [-0.2, -0.15) is 0 Å². The van der Waals surface area contributed by atoms with E-state index in [-0.39, 0.29) is 23.7 Å². The second-order valence-electron chi connectivity index (χ2n) is 9.84. The lowest BCUT2D eigenvalue weighted by atomic mass is 9.87. The Morgan fingerprint density at radius 3 is 2.45 bits per heavy atom. The molecule has 180 valence electrons. The van der Waals surface area contributed by atoms with Gasteiger partial charge in [-0.15, -0.1) is 0 Å². The van der Waals surface area contributed by atoms with Crippen molar-refractivity contribution in [3.8, 4) is 5.75 Å². The fourth-order valence-corrected chi connectivity index (χ4v) is 4.84. The molecule has 1 aliphatic rings. The number of ether oxygens (including phenoxy) is 1. The van der Waals surface area contributed by atoms with E-state index in [0.717, 1.165) is 36.5 Å². The molecule has 0 aromatic heterocycles. The Bertz CT molecular complexity index is 947. The van der Waals surface area contributed by atoms with Crippen molar-refractivity contribution in [3.05, 3.63) is 65.2 Å². The monoisotopic (exact) mass is 458 g/mol. The molecule has 1 heterocycles. The number of rotatable bonds is 9. The number of hydrogen-bond acceptors (Lipinski definition) is 3. The predicted octanol–water partition coefficient (Wildman–Crippen LogP) is 5.33. The van der Waals surface area contributed by atoms with Crippen molar-refractivity contribution >= 4 is 5.91 Å². The van der Waals surface area contributed by atoms with Crippen molar-refractivity contribution < 1.29 is 18.3 Å². The van der Waals surface area contributed by atoms with E-state index in [1.165, 1.54) is 12.1 Å². The largest absolute Gasteiger partial charge is 0.496 e. The van der Waals surface area contributed by atoms with Gasteiger partial charge >= 0.3 is 0 Å². The number of methoxy groups -OCH3 is 1. The van der Waals surface area contributed by atoms with Crippen molar-refractivity contribution in [2.75, 3.05) is 33.3 Å². The van der Waals surface area contributed by atoms with Crippen LogP contribution in [0.2, 0.25) is 0 Å². The van der Waals surface area contributed by atoms with Crippen LogP contribution < -0.4 is 4.74 Å². The molecular weight excluding hydrogens is 422 g/mol. The van der Waals surface area contributed by atoms with Gasteiger partial charge in [0.25, 0.3) is 0 Å². The van der Waals surface area contributed by atoms with Gasteiger partial charge < -0.3 is 9.64 Å². The maximum Gasteiger partial charge on any atom is 0.225 e. The molecule has 2 aromatic carbocycles. The van der Waals surface area contributed by atoms with Crippen molar-refractivity contribution in [1.29, 1.82) is 0 Å². The van der Waals surface area contributed by atoms with Crippen LogP contribution in [0.4, 0.5) is 8.78 Å². The number of halogens is 2. The molecule has 1 aliphatic heterocycles. The van der Waals surface area contributed by atoms with Gasteiger partial charge in [0.2, 0.25) is 5.91 Å². The second kappa shape index (κ2) is 11.1. The normalized spacial score (nSPS) is 18.8. The number of nitrogens with zero attached hydrogens (tertiary/aromatic N) is 2. The number of amides is 1. The number of likely N-dealkylation sites (tertiary alicyclic amines) is 1. The van der Waals surface area contributed by atoms with Gasteiger partial charge in [-0.25, -0.2) is 8.78 Å². The third-order valence-corrected chi connectivity index (χ3v) is 6.29. The topological polar surface area (TPSA) is 32.8 Å². The van der Waals surface area contributed by atoms with Gasteiger partial charge in [-0.1, -0.05) is 52.0 Å². The average molecular weight is 459 g/mol. The van der Waals surface area contributed by atoms with Crippen molar-refractivity contribution in [2.45, 2.75) is 40.2 Å². The Morgan fingerprint density at radius 2 is 1.82 bits per heavy atom. The third kappa shape index (κ3) is 6.32. The summed E-state index contributed by atoms with van der Waals surface area (Å²) < 4.78 is 32.8. The van der Waals surface area contributed by atoms with Crippen LogP contribution in [0, 0.1) is 29.4 Å². The van der Waals surface area contributed by atoms with E-state index < -0.39 is 11.6 Å². The zero-order valence-corrected chi connectivity index (χ0v) is 20.4. The summed E-state index contributed by atoms with van der Waals surface area (Å²) in [6.07, 6.45) is 0. The van der Waals surface area contributed by atoms with E-state index in [1.54, 1.807) is 13.2 Å². The molecule has 3 rings (SSSR count). The molecule has 0 spiro atoms. The van der Waals surface area contributed by atoms with Crippen LogP contribution in [0.15, 0.2) is 42.5 Å². The molecule has 1 amide bonds. The minimum absolute atomic E-state index is 0.0619. The Kier molecular flexibility index (Phi) is 8.46. The van der Waals surface area contributed by atoms with Gasteiger partial charge in [0, 0.05) is 44.6 Å². The highest BCUT2D eigenvalue weighted by Crippen LogP contribution is 2.38. The summed E-state index contributed by atoms with van der Waals surface area (Å²) in [7, 11) is 1.68. The molecule has 0 bridgehead atoms. The lowest BCUT2D eigenvalue weighted by Gasteiger charge is -2.31. The van der Waals surface area contributed by atoms with Gasteiger partial charge in [0.15, 0.2) is 11.6 Å². The lowest BCUT2D eigenvalue weighted by Crippen LogP contribution is -2.41. The van der Waals surface area contributed by atoms with E-state index in [4.69, 9.17) is 4.74 Å². The quantitative estimate of drug-likeness (QED) is 0.509. The maximum atomic E-state index is 13.8. The Labute approximate surface area is 196 Å². The van der Waals surface area contributed by atoms with Crippen LogP contribution in [0.3, 0.4) is 0 Å². The predicted molar refractivity (Wildman–Crippen MR) is 127 cm³/mol. The molecule has 0 saturated carbocycles. The molecule has 2 unspecified atom stereocenters. The zero-order valence-electron chi connectivity index (χ0n) is 20.4. The number of para-hydroxylation sites is 1. The fourth-order valence-electron chi connectivity index (χ4n) is 4.84. The molecular formula is C27H36F2N2O2. The molecule has 0 radical (unpaired) electrons. The molecule has 33 heavy (non-hydrogen) atoms. The Morgan fingerprint density at radius 1 is 1.09 bits per heavy atom. The Hall–Kier alpha value is -2.47. The Balaban J connectivity index is 1.88. The van der Waals surface area contributed by atoms with Crippen molar-refractivity contribution in [1.82, 2.24) is 9.80 Å². The van der Waals surface area contributed by atoms with Crippen LogP contribution in [-0.2, 0) is 11.3 Å². The molecule has 4 nitrogen and oxygen atoms in total. The summed E-state index contributed by atoms with van der Waals surface area (Å²) >= 11 is 0. The fraction of sp³-hybridized carbons (Fsp3) is 0.519. The first-order valence-electron chi connectivity index (χ1n) is 11.8. The SMILES string of the molecule is COc1ccccc1C1CN(Cc2ccc(F)c(F)c2)CC1CN(CC(C)C)C(=O)C(C)C. The average Bonchev–Trinajstić information content (AvgIpc) is 3.16. The highest BCUT2D eigenvalue weighted by atomic mass is 19.2. The van der Waals surface area contributed by atoms with E-state index >= 15 is 0 Å². The first-order valence-corrected chi connectivity index (χ1v) is 11.8. The van der Waals surface area contributed by atoms with Gasteiger partial charge in [0.05, 0.1) is 7.11 Å². The first kappa shape index (κ1) is 25.2. The molecule has 1 fully saturated rings. The van der Waals surface area contributed by atoms with Crippen LogP contribution in [0.1, 0.15) is 44.7 Å². The van der Waals surface area contributed by atoms with Gasteiger partial charge in [-0.3, -0.25) is 9.69 Å². The van der Waals surface area contributed by atoms with Crippen molar-refractivity contribution in [3.63, 3.8) is 0 Å². The number of benzene rings is 2. The first-order chi connectivity index (χ1) is 15.7. The van der Waals surface area contributed by atoms with E-state index in [1.807, 2.05) is 36.9 Å². The van der Waals surface area contributed by atoms with Gasteiger partial charge in [-0.05, 0) is 41.2 Å². The minimum atomic E-state index is -0.832. The molecule has 2 aromatic rings. The summed E-state index contributed by atoms with van der Waals surface area (Å²) in [5.41, 5.74) is 1.87. The van der Waals surface area contributed by atoms with Crippen molar-refractivity contribution in [2.24, 2.45) is 17.8 Å². The van der Waals surface area contributed by atoms with Gasteiger partial charge in [0.1, 0.15) is 5.75 Å². The number of hydrogen-bond donors (Lipinski definition) is 0. The third-order valence-electron chi connectivity index (χ3n) is 6.29. The lowest BCUT2D eigenvalue weighted by molar-refractivity contribution is -0.135. The van der Waals surface area contributed by atoms with Crippen LogP contribution in [0.25, 0.3) is 0 Å². The molecule has 0 N–H and O–H groups in total.